The first-order valence-corrected chi connectivity index (χ1v) is 7.17. The maximum Gasteiger partial charge on any atom is 0.223 e. The molecule has 0 unspecified atom stereocenters. The van der Waals surface area contributed by atoms with Crippen LogP contribution in [-0.2, 0) is 0 Å². The summed E-state index contributed by atoms with van der Waals surface area (Å²) >= 11 is 7.57. The first-order valence-electron chi connectivity index (χ1n) is 5.98. The number of pyridine rings is 1. The number of halogens is 1. The highest BCUT2D eigenvalue weighted by molar-refractivity contribution is 7.99. The predicted octanol–water partition coefficient (Wildman–Crippen LogP) is 3.72. The molecule has 0 aliphatic rings. The van der Waals surface area contributed by atoms with Crippen LogP contribution in [0.4, 0.5) is 5.95 Å². The molecule has 0 aliphatic carbocycles. The molecule has 100 valence electrons. The van der Waals surface area contributed by atoms with Gasteiger partial charge in [-0.2, -0.15) is 0 Å². The number of nitrogens with one attached hydrogen (secondary N) is 1. The van der Waals surface area contributed by atoms with Crippen LogP contribution in [-0.4, -0.2) is 21.5 Å². The number of aromatic nitrogens is 3. The second kappa shape index (κ2) is 6.21. The molecule has 0 fully saturated rings. The van der Waals surface area contributed by atoms with E-state index in [1.807, 2.05) is 32.9 Å². The fraction of sp³-hybridized carbons (Fsp3) is 0.308. The standard InChI is InChI=1S/C13H15ClN4S/c1-4-15-13-16-7-10(14)12(18-13)19-11-6-8(2)5-9(3)17-11/h5-7H,4H2,1-3H3,(H,15,16,18). The quantitative estimate of drug-likeness (QED) is 0.871. The van der Waals surface area contributed by atoms with Gasteiger partial charge in [-0.15, -0.1) is 0 Å². The summed E-state index contributed by atoms with van der Waals surface area (Å²) in [5.74, 6) is 0.582. The summed E-state index contributed by atoms with van der Waals surface area (Å²) in [4.78, 5) is 13.0. The van der Waals surface area contributed by atoms with E-state index in [2.05, 4.69) is 20.3 Å². The zero-order chi connectivity index (χ0) is 13.8. The second-order valence-corrected chi connectivity index (χ2v) is 5.52. The molecule has 0 atom stereocenters. The Morgan fingerprint density at radius 2 is 2.05 bits per heavy atom. The summed E-state index contributed by atoms with van der Waals surface area (Å²) in [5, 5.41) is 5.21. The predicted molar refractivity (Wildman–Crippen MR) is 79.0 cm³/mol. The molecule has 2 rings (SSSR count). The summed E-state index contributed by atoms with van der Waals surface area (Å²) < 4.78 is 0. The van der Waals surface area contributed by atoms with Gasteiger partial charge in [-0.05, 0) is 50.2 Å². The average molecular weight is 295 g/mol. The van der Waals surface area contributed by atoms with Gasteiger partial charge in [0, 0.05) is 12.2 Å². The van der Waals surface area contributed by atoms with Crippen molar-refractivity contribution in [3.05, 3.63) is 34.6 Å². The molecule has 0 amide bonds. The lowest BCUT2D eigenvalue weighted by atomic mass is 10.3. The smallest absolute Gasteiger partial charge is 0.223 e. The number of anilines is 1. The number of nitrogens with zero attached hydrogens (tertiary/aromatic N) is 3. The minimum atomic E-state index is 0.535. The van der Waals surface area contributed by atoms with Crippen LogP contribution in [0.2, 0.25) is 5.02 Å². The molecular formula is C13H15ClN4S. The van der Waals surface area contributed by atoms with E-state index in [1.165, 1.54) is 17.3 Å². The molecule has 0 aliphatic heterocycles. The lowest BCUT2D eigenvalue weighted by Crippen LogP contribution is -2.02. The van der Waals surface area contributed by atoms with Gasteiger partial charge < -0.3 is 5.32 Å². The maximum atomic E-state index is 6.12. The minimum absolute atomic E-state index is 0.535. The third kappa shape index (κ3) is 3.81. The van der Waals surface area contributed by atoms with Gasteiger partial charge in [-0.25, -0.2) is 15.0 Å². The molecular weight excluding hydrogens is 280 g/mol. The van der Waals surface area contributed by atoms with E-state index in [-0.39, 0.29) is 0 Å². The van der Waals surface area contributed by atoms with Crippen LogP contribution in [0.5, 0.6) is 0 Å². The van der Waals surface area contributed by atoms with Crippen LogP contribution in [0.25, 0.3) is 0 Å². The maximum absolute atomic E-state index is 6.12. The normalized spacial score (nSPS) is 10.5. The van der Waals surface area contributed by atoms with Gasteiger partial charge in [-0.1, -0.05) is 11.6 Å². The Kier molecular flexibility index (Phi) is 4.61. The molecule has 0 saturated heterocycles. The van der Waals surface area contributed by atoms with Crippen LogP contribution in [0, 0.1) is 13.8 Å². The van der Waals surface area contributed by atoms with Crippen LogP contribution in [0.3, 0.4) is 0 Å². The fourth-order valence-corrected chi connectivity index (χ4v) is 2.74. The molecule has 0 spiro atoms. The number of hydrogen-bond donors (Lipinski definition) is 1. The van der Waals surface area contributed by atoms with Crippen molar-refractivity contribution in [3.8, 4) is 0 Å². The highest BCUT2D eigenvalue weighted by atomic mass is 35.5. The van der Waals surface area contributed by atoms with Crippen molar-refractivity contribution in [2.75, 3.05) is 11.9 Å². The van der Waals surface area contributed by atoms with E-state index in [0.717, 1.165) is 17.3 Å². The largest absolute Gasteiger partial charge is 0.354 e. The Balaban J connectivity index is 2.28. The lowest BCUT2D eigenvalue weighted by Gasteiger charge is -2.07. The van der Waals surface area contributed by atoms with Crippen molar-refractivity contribution < 1.29 is 0 Å². The summed E-state index contributed by atoms with van der Waals surface area (Å²) in [7, 11) is 0. The summed E-state index contributed by atoms with van der Waals surface area (Å²) in [6.45, 7) is 6.79. The first-order chi connectivity index (χ1) is 9.08. The van der Waals surface area contributed by atoms with Crippen LogP contribution in [0.15, 0.2) is 28.4 Å². The molecule has 6 heteroatoms. The van der Waals surface area contributed by atoms with E-state index >= 15 is 0 Å². The molecule has 4 nitrogen and oxygen atoms in total. The van der Waals surface area contributed by atoms with Crippen molar-refractivity contribution in [1.82, 2.24) is 15.0 Å². The number of rotatable bonds is 4. The zero-order valence-corrected chi connectivity index (χ0v) is 12.6. The van der Waals surface area contributed by atoms with E-state index in [9.17, 15) is 0 Å². The molecule has 0 bridgehead atoms. The van der Waals surface area contributed by atoms with Crippen molar-refractivity contribution in [3.63, 3.8) is 0 Å². The summed E-state index contributed by atoms with van der Waals surface area (Å²) in [6, 6.07) is 4.05. The van der Waals surface area contributed by atoms with Crippen molar-refractivity contribution in [2.24, 2.45) is 0 Å². The van der Waals surface area contributed by atoms with E-state index < -0.39 is 0 Å². The zero-order valence-electron chi connectivity index (χ0n) is 11.1. The van der Waals surface area contributed by atoms with Gasteiger partial charge in [0.25, 0.3) is 0 Å². The molecule has 0 aromatic carbocycles. The molecule has 2 aromatic rings. The van der Waals surface area contributed by atoms with Gasteiger partial charge in [0.2, 0.25) is 5.95 Å². The van der Waals surface area contributed by atoms with Gasteiger partial charge in [0.1, 0.15) is 10.1 Å². The number of aryl methyl sites for hydroxylation is 2. The molecule has 19 heavy (non-hydrogen) atoms. The lowest BCUT2D eigenvalue weighted by molar-refractivity contribution is 1.00. The Labute approximate surface area is 122 Å². The highest BCUT2D eigenvalue weighted by Gasteiger charge is 2.09. The van der Waals surface area contributed by atoms with Gasteiger partial charge in [-0.3, -0.25) is 0 Å². The first kappa shape index (κ1) is 14.1. The van der Waals surface area contributed by atoms with Crippen molar-refractivity contribution >= 4 is 29.3 Å². The van der Waals surface area contributed by atoms with Crippen molar-refractivity contribution in [1.29, 1.82) is 0 Å². The second-order valence-electron chi connectivity index (χ2n) is 4.10. The van der Waals surface area contributed by atoms with Gasteiger partial charge in [0.15, 0.2) is 0 Å². The highest BCUT2D eigenvalue weighted by Crippen LogP contribution is 2.31. The van der Waals surface area contributed by atoms with Crippen LogP contribution < -0.4 is 5.32 Å². The Bertz CT molecular complexity index is 569. The molecule has 2 aromatic heterocycles. The topological polar surface area (TPSA) is 50.7 Å². The molecule has 0 saturated carbocycles. The Morgan fingerprint density at radius 3 is 2.74 bits per heavy atom. The third-order valence-electron chi connectivity index (χ3n) is 2.32. The van der Waals surface area contributed by atoms with Gasteiger partial charge in [0.05, 0.1) is 11.2 Å². The Morgan fingerprint density at radius 1 is 1.26 bits per heavy atom. The van der Waals surface area contributed by atoms with E-state index in [4.69, 9.17) is 11.6 Å². The molecule has 1 N–H and O–H groups in total. The Hall–Kier alpha value is -1.33. The van der Waals surface area contributed by atoms with E-state index in [0.29, 0.717) is 16.0 Å². The monoisotopic (exact) mass is 294 g/mol. The average Bonchev–Trinajstić information content (AvgIpc) is 2.32. The van der Waals surface area contributed by atoms with E-state index in [1.54, 1.807) is 6.20 Å². The SMILES string of the molecule is CCNc1ncc(Cl)c(Sc2cc(C)cc(C)n2)n1. The van der Waals surface area contributed by atoms with Gasteiger partial charge >= 0.3 is 0 Å². The van der Waals surface area contributed by atoms with Crippen LogP contribution in [0.1, 0.15) is 18.2 Å². The molecule has 0 radical (unpaired) electrons. The summed E-state index contributed by atoms with van der Waals surface area (Å²) in [5.41, 5.74) is 2.16. The van der Waals surface area contributed by atoms with Crippen LogP contribution >= 0.6 is 23.4 Å². The summed E-state index contributed by atoms with van der Waals surface area (Å²) in [6.07, 6.45) is 1.61. The molecule has 2 heterocycles. The fourth-order valence-electron chi connectivity index (χ4n) is 1.62. The minimum Gasteiger partial charge on any atom is -0.354 e. The van der Waals surface area contributed by atoms with Crippen molar-refractivity contribution in [2.45, 2.75) is 30.8 Å². The number of hydrogen-bond acceptors (Lipinski definition) is 5. The third-order valence-corrected chi connectivity index (χ3v) is 3.63.